The van der Waals surface area contributed by atoms with Crippen LogP contribution in [-0.4, -0.2) is 34.6 Å². The van der Waals surface area contributed by atoms with E-state index in [1.54, 1.807) is 36.7 Å². The van der Waals surface area contributed by atoms with Crippen molar-refractivity contribution in [2.75, 3.05) is 6.61 Å². The average Bonchev–Trinajstić information content (AvgIpc) is 2.64. The molecule has 1 heterocycles. The summed E-state index contributed by atoms with van der Waals surface area (Å²) in [7, 11) is 0. The Balaban J connectivity index is 1.58. The largest absolute Gasteiger partial charge is 0.394 e. The molecule has 1 aromatic heterocycles. The predicted octanol–water partition coefficient (Wildman–Crippen LogP) is 3.32. The van der Waals surface area contributed by atoms with Crippen molar-refractivity contribution in [1.82, 2.24) is 10.3 Å². The van der Waals surface area contributed by atoms with Crippen molar-refractivity contribution in [2.45, 2.75) is 43.6 Å². The van der Waals surface area contributed by atoms with Gasteiger partial charge >= 0.3 is 0 Å². The van der Waals surface area contributed by atoms with Gasteiger partial charge < -0.3 is 10.4 Å². The van der Waals surface area contributed by atoms with Crippen LogP contribution < -0.4 is 5.32 Å². The van der Waals surface area contributed by atoms with Crippen molar-refractivity contribution in [1.29, 1.82) is 0 Å². The molecule has 0 bridgehead atoms. The van der Waals surface area contributed by atoms with Crippen LogP contribution in [0.25, 0.3) is 0 Å². The lowest BCUT2D eigenvalue weighted by Crippen LogP contribution is -2.38. The van der Waals surface area contributed by atoms with Crippen molar-refractivity contribution in [3.05, 3.63) is 65.5 Å². The quantitative estimate of drug-likeness (QED) is 0.796. The first-order valence-electron chi connectivity index (χ1n) is 8.75. The Hall–Kier alpha value is -2.34. The van der Waals surface area contributed by atoms with Crippen LogP contribution in [0.1, 0.15) is 46.7 Å². The van der Waals surface area contributed by atoms with E-state index in [-0.39, 0.29) is 37.3 Å². The molecule has 0 radical (unpaired) electrons. The van der Waals surface area contributed by atoms with E-state index < -0.39 is 5.92 Å². The van der Waals surface area contributed by atoms with E-state index in [9.17, 15) is 18.7 Å². The highest BCUT2D eigenvalue weighted by atomic mass is 19.3. The maximum atomic E-state index is 13.1. The number of aromatic nitrogens is 1. The zero-order valence-corrected chi connectivity index (χ0v) is 14.4. The topological polar surface area (TPSA) is 62.2 Å². The number of aliphatic hydroxyl groups excluding tert-OH is 1. The predicted molar refractivity (Wildman–Crippen MR) is 94.3 cm³/mol. The van der Waals surface area contributed by atoms with Crippen molar-refractivity contribution in [3.8, 4) is 0 Å². The van der Waals surface area contributed by atoms with Gasteiger partial charge in [-0.15, -0.1) is 0 Å². The van der Waals surface area contributed by atoms with Gasteiger partial charge in [0, 0.05) is 30.8 Å². The number of aliphatic hydroxyl groups is 1. The van der Waals surface area contributed by atoms with Crippen molar-refractivity contribution >= 4 is 5.91 Å². The number of nitrogens with one attached hydrogen (secondary N) is 1. The van der Waals surface area contributed by atoms with E-state index >= 15 is 0 Å². The van der Waals surface area contributed by atoms with Gasteiger partial charge in [-0.25, -0.2) is 8.78 Å². The van der Waals surface area contributed by atoms with Gasteiger partial charge in [-0.2, -0.15) is 0 Å². The van der Waals surface area contributed by atoms with Crippen molar-refractivity contribution in [3.63, 3.8) is 0 Å². The zero-order chi connectivity index (χ0) is 18.6. The van der Waals surface area contributed by atoms with Crippen LogP contribution in [0.5, 0.6) is 0 Å². The Morgan fingerprint density at radius 3 is 2.65 bits per heavy atom. The summed E-state index contributed by atoms with van der Waals surface area (Å²) in [6, 6.07) is 10.3. The number of benzene rings is 1. The summed E-state index contributed by atoms with van der Waals surface area (Å²) in [6.45, 7) is -0.161. The molecule has 2 aromatic rings. The van der Waals surface area contributed by atoms with Crippen molar-refractivity contribution < 1.29 is 18.7 Å². The molecule has 1 saturated carbocycles. The lowest BCUT2D eigenvalue weighted by Gasteiger charge is -2.35. The summed E-state index contributed by atoms with van der Waals surface area (Å²) in [5.41, 5.74) is 2.28. The monoisotopic (exact) mass is 360 g/mol. The van der Waals surface area contributed by atoms with E-state index in [1.165, 1.54) is 0 Å². The minimum absolute atomic E-state index is 0.161. The Labute approximate surface area is 151 Å². The smallest absolute Gasteiger partial charge is 0.251 e. The lowest BCUT2D eigenvalue weighted by atomic mass is 9.76. The number of halogens is 2. The van der Waals surface area contributed by atoms with Crippen LogP contribution in [-0.2, 0) is 6.42 Å². The SMILES string of the molecule is O=C(NC(CO)CCc1ccncc1)c1cccc(C2CC(F)(F)C2)c1. The molecule has 2 N–H and O–H groups in total. The number of alkyl halides is 2. The maximum absolute atomic E-state index is 13.1. The van der Waals surface area contributed by atoms with Gasteiger partial charge in [0.15, 0.2) is 0 Å². The van der Waals surface area contributed by atoms with E-state index in [4.69, 9.17) is 0 Å². The normalized spacial score (nSPS) is 17.3. The molecule has 26 heavy (non-hydrogen) atoms. The number of nitrogens with zero attached hydrogens (tertiary/aromatic N) is 1. The third-order valence-electron chi connectivity index (χ3n) is 4.80. The van der Waals surface area contributed by atoms with Crippen LogP contribution >= 0.6 is 0 Å². The molecule has 1 aromatic carbocycles. The van der Waals surface area contributed by atoms with E-state index in [0.717, 1.165) is 11.1 Å². The number of carbonyl (C=O) groups is 1. The van der Waals surface area contributed by atoms with Crippen LogP contribution in [0, 0.1) is 0 Å². The second kappa shape index (κ2) is 7.91. The average molecular weight is 360 g/mol. The van der Waals surface area contributed by atoms with Crippen LogP contribution in [0.2, 0.25) is 0 Å². The Morgan fingerprint density at radius 2 is 2.00 bits per heavy atom. The van der Waals surface area contributed by atoms with E-state index in [2.05, 4.69) is 10.3 Å². The van der Waals surface area contributed by atoms with E-state index in [0.29, 0.717) is 18.4 Å². The van der Waals surface area contributed by atoms with E-state index in [1.807, 2.05) is 12.1 Å². The molecule has 4 nitrogen and oxygen atoms in total. The fraction of sp³-hybridized carbons (Fsp3) is 0.400. The molecular weight excluding hydrogens is 338 g/mol. The maximum Gasteiger partial charge on any atom is 0.251 e. The van der Waals surface area contributed by atoms with Crippen LogP contribution in [0.4, 0.5) is 8.78 Å². The highest BCUT2D eigenvalue weighted by Crippen LogP contribution is 2.48. The standard InChI is InChI=1S/C20H22F2N2O2/c21-20(22)11-17(12-20)15-2-1-3-16(10-15)19(26)24-18(13-25)5-4-14-6-8-23-9-7-14/h1-3,6-10,17-18,25H,4-5,11-13H2,(H,24,26). The van der Waals surface area contributed by atoms with Crippen LogP contribution in [0.15, 0.2) is 48.8 Å². The Kier molecular flexibility index (Phi) is 5.61. The Bertz CT molecular complexity index is 744. The summed E-state index contributed by atoms with van der Waals surface area (Å²) in [4.78, 5) is 16.4. The highest BCUT2D eigenvalue weighted by Gasteiger charge is 2.45. The summed E-state index contributed by atoms with van der Waals surface area (Å²) >= 11 is 0. The van der Waals surface area contributed by atoms with Crippen molar-refractivity contribution in [2.24, 2.45) is 0 Å². The molecule has 1 unspecified atom stereocenters. The van der Waals surface area contributed by atoms with Gasteiger partial charge in [-0.05, 0) is 54.2 Å². The number of rotatable bonds is 7. The summed E-state index contributed by atoms with van der Waals surface area (Å²) in [5.74, 6) is -3.08. The summed E-state index contributed by atoms with van der Waals surface area (Å²) in [5, 5.41) is 12.4. The molecule has 3 rings (SSSR count). The fourth-order valence-electron chi connectivity index (χ4n) is 3.20. The summed E-state index contributed by atoms with van der Waals surface area (Å²) < 4.78 is 26.1. The first-order valence-corrected chi connectivity index (χ1v) is 8.75. The highest BCUT2D eigenvalue weighted by molar-refractivity contribution is 5.94. The zero-order valence-electron chi connectivity index (χ0n) is 14.4. The molecule has 0 spiro atoms. The number of pyridine rings is 1. The molecule has 1 amide bonds. The molecular formula is C20H22F2N2O2. The summed E-state index contributed by atoms with van der Waals surface area (Å²) in [6.07, 6.45) is 4.40. The molecule has 138 valence electrons. The number of amides is 1. The van der Waals surface area contributed by atoms with Gasteiger partial charge in [0.1, 0.15) is 0 Å². The van der Waals surface area contributed by atoms with Gasteiger partial charge in [-0.3, -0.25) is 9.78 Å². The number of carbonyl (C=O) groups excluding carboxylic acids is 1. The number of hydrogen-bond acceptors (Lipinski definition) is 3. The molecule has 1 fully saturated rings. The number of hydrogen-bond donors (Lipinski definition) is 2. The van der Waals surface area contributed by atoms with Gasteiger partial charge in [-0.1, -0.05) is 12.1 Å². The molecule has 0 aliphatic heterocycles. The lowest BCUT2D eigenvalue weighted by molar-refractivity contribution is -0.0867. The van der Waals surface area contributed by atoms with Gasteiger partial charge in [0.2, 0.25) is 5.92 Å². The minimum atomic E-state index is -2.59. The second-order valence-corrected chi connectivity index (χ2v) is 6.83. The first-order chi connectivity index (χ1) is 12.5. The molecule has 1 atom stereocenters. The van der Waals surface area contributed by atoms with Gasteiger partial charge in [0.25, 0.3) is 5.91 Å². The van der Waals surface area contributed by atoms with Gasteiger partial charge in [0.05, 0.1) is 12.6 Å². The molecule has 1 aliphatic carbocycles. The Morgan fingerprint density at radius 1 is 1.27 bits per heavy atom. The molecule has 0 saturated heterocycles. The third-order valence-corrected chi connectivity index (χ3v) is 4.80. The van der Waals surface area contributed by atoms with Crippen LogP contribution in [0.3, 0.4) is 0 Å². The fourth-order valence-corrected chi connectivity index (χ4v) is 3.20. The first kappa shape index (κ1) is 18.5. The molecule has 6 heteroatoms. The second-order valence-electron chi connectivity index (χ2n) is 6.83. The molecule has 1 aliphatic rings. The number of aryl methyl sites for hydroxylation is 1. The third kappa shape index (κ3) is 4.64. The minimum Gasteiger partial charge on any atom is -0.394 e.